The molecule has 5 rings (SSSR count). The molecule has 0 saturated heterocycles. The quantitative estimate of drug-likeness (QED) is 0.577. The average Bonchev–Trinajstić information content (AvgIpc) is 3.35. The molecule has 142 valence electrons. The first-order chi connectivity index (χ1) is 13.8. The molecule has 1 aliphatic carbocycles. The van der Waals surface area contributed by atoms with Crippen molar-refractivity contribution in [2.75, 3.05) is 5.32 Å². The molecule has 4 heterocycles. The van der Waals surface area contributed by atoms with Crippen molar-refractivity contribution < 1.29 is 0 Å². The fraction of sp³-hybridized carbons (Fsp3) is 0.333. The Morgan fingerprint density at radius 2 is 1.96 bits per heavy atom. The predicted octanol–water partition coefficient (Wildman–Crippen LogP) is 4.32. The first-order valence-electron chi connectivity index (χ1n) is 9.83. The fourth-order valence-electron chi connectivity index (χ4n) is 4.03. The summed E-state index contributed by atoms with van der Waals surface area (Å²) >= 11 is 0. The van der Waals surface area contributed by atoms with E-state index in [-0.39, 0.29) is 0 Å². The second kappa shape index (κ2) is 7.07. The van der Waals surface area contributed by atoms with Crippen LogP contribution >= 0.6 is 0 Å². The van der Waals surface area contributed by atoms with Gasteiger partial charge in [0.05, 0.1) is 24.3 Å². The minimum Gasteiger partial charge on any atom is -0.339 e. The minimum absolute atomic E-state index is 0.504. The van der Waals surface area contributed by atoms with Crippen LogP contribution in [0.25, 0.3) is 16.8 Å². The summed E-state index contributed by atoms with van der Waals surface area (Å²) in [6.45, 7) is 0. The smallest absolute Gasteiger partial charge is 0.165 e. The summed E-state index contributed by atoms with van der Waals surface area (Å²) in [4.78, 5) is 9.26. The van der Waals surface area contributed by atoms with Crippen LogP contribution in [0, 0.1) is 0 Å². The third-order valence-electron chi connectivity index (χ3n) is 5.46. The van der Waals surface area contributed by atoms with Gasteiger partial charge in [-0.15, -0.1) is 0 Å². The summed E-state index contributed by atoms with van der Waals surface area (Å²) in [6.07, 6.45) is 15.6. The number of aryl methyl sites for hydroxylation is 1. The van der Waals surface area contributed by atoms with Crippen LogP contribution in [0.5, 0.6) is 0 Å². The highest BCUT2D eigenvalue weighted by Gasteiger charge is 2.21. The second-order valence-electron chi connectivity index (χ2n) is 7.46. The molecule has 1 aliphatic rings. The Labute approximate surface area is 163 Å². The van der Waals surface area contributed by atoms with Crippen LogP contribution in [0.3, 0.4) is 0 Å². The van der Waals surface area contributed by atoms with Crippen LogP contribution in [0.1, 0.15) is 43.7 Å². The van der Waals surface area contributed by atoms with Crippen molar-refractivity contribution in [1.82, 2.24) is 29.4 Å². The monoisotopic (exact) mass is 373 g/mol. The van der Waals surface area contributed by atoms with Gasteiger partial charge in [0.15, 0.2) is 5.65 Å². The number of rotatable bonds is 4. The van der Waals surface area contributed by atoms with Gasteiger partial charge >= 0.3 is 0 Å². The van der Waals surface area contributed by atoms with E-state index in [0.717, 1.165) is 34.0 Å². The summed E-state index contributed by atoms with van der Waals surface area (Å²) in [5.41, 5.74) is 4.97. The van der Waals surface area contributed by atoms with Crippen LogP contribution in [-0.2, 0) is 7.05 Å². The van der Waals surface area contributed by atoms with Crippen LogP contribution < -0.4 is 5.32 Å². The molecule has 0 bridgehead atoms. The van der Waals surface area contributed by atoms with Gasteiger partial charge in [0, 0.05) is 48.2 Å². The Balaban J connectivity index is 1.65. The molecule has 1 fully saturated rings. The molecule has 0 spiro atoms. The normalized spacial score (nSPS) is 15.2. The standard InChI is InChI=1S/C21H23N7/c1-27-14-16(11-23-27)18-13-24-28-20(25-17-8-5-9-22-12-17)10-19(26-21(18)28)15-6-3-2-4-7-15/h5,8-15,25H,2-4,6-7H2,1H3. The average molecular weight is 373 g/mol. The zero-order valence-electron chi connectivity index (χ0n) is 15.9. The van der Waals surface area contributed by atoms with E-state index in [1.54, 1.807) is 10.9 Å². The molecule has 28 heavy (non-hydrogen) atoms. The Hall–Kier alpha value is -3.22. The molecule has 1 saturated carbocycles. The van der Waals surface area contributed by atoms with Crippen molar-refractivity contribution in [3.63, 3.8) is 0 Å². The molecule has 7 nitrogen and oxygen atoms in total. The lowest BCUT2D eigenvalue weighted by atomic mass is 9.87. The summed E-state index contributed by atoms with van der Waals surface area (Å²) in [6, 6.07) is 6.08. The van der Waals surface area contributed by atoms with E-state index >= 15 is 0 Å². The number of hydrogen-bond donors (Lipinski definition) is 1. The maximum absolute atomic E-state index is 5.05. The molecule has 0 atom stereocenters. The molecule has 0 radical (unpaired) electrons. The van der Waals surface area contributed by atoms with E-state index in [2.05, 4.69) is 26.6 Å². The Morgan fingerprint density at radius 1 is 1.07 bits per heavy atom. The SMILES string of the molecule is Cn1cc(-c2cnn3c(Nc4cccnc4)cc(C4CCCCC4)nc23)cn1. The van der Waals surface area contributed by atoms with Crippen molar-refractivity contribution in [1.29, 1.82) is 0 Å². The summed E-state index contributed by atoms with van der Waals surface area (Å²) in [7, 11) is 1.92. The Morgan fingerprint density at radius 3 is 2.71 bits per heavy atom. The van der Waals surface area contributed by atoms with Gasteiger partial charge < -0.3 is 5.32 Å². The van der Waals surface area contributed by atoms with E-state index in [9.17, 15) is 0 Å². The zero-order chi connectivity index (χ0) is 18.9. The molecule has 4 aromatic heterocycles. The zero-order valence-corrected chi connectivity index (χ0v) is 15.9. The maximum Gasteiger partial charge on any atom is 0.165 e. The van der Waals surface area contributed by atoms with Gasteiger partial charge in [-0.1, -0.05) is 19.3 Å². The molecule has 0 amide bonds. The molecular weight excluding hydrogens is 350 g/mol. The van der Waals surface area contributed by atoms with Gasteiger partial charge in [0.25, 0.3) is 0 Å². The topological polar surface area (TPSA) is 72.9 Å². The number of aromatic nitrogens is 6. The molecule has 0 aliphatic heterocycles. The number of pyridine rings is 1. The van der Waals surface area contributed by atoms with Gasteiger partial charge in [-0.05, 0) is 25.0 Å². The Kier molecular flexibility index (Phi) is 4.27. The number of nitrogens with one attached hydrogen (secondary N) is 1. The van der Waals surface area contributed by atoms with Crippen LogP contribution in [0.2, 0.25) is 0 Å². The van der Waals surface area contributed by atoms with E-state index in [4.69, 9.17) is 4.98 Å². The van der Waals surface area contributed by atoms with Crippen molar-refractivity contribution in [2.24, 2.45) is 7.05 Å². The molecule has 0 unspecified atom stereocenters. The number of fused-ring (bicyclic) bond motifs is 1. The second-order valence-corrected chi connectivity index (χ2v) is 7.46. The first-order valence-corrected chi connectivity index (χ1v) is 9.83. The Bertz CT molecular complexity index is 1090. The predicted molar refractivity (Wildman–Crippen MR) is 109 cm³/mol. The third-order valence-corrected chi connectivity index (χ3v) is 5.46. The summed E-state index contributed by atoms with van der Waals surface area (Å²) in [5, 5.41) is 12.4. The highest BCUT2D eigenvalue weighted by Crippen LogP contribution is 2.35. The largest absolute Gasteiger partial charge is 0.339 e. The molecule has 4 aromatic rings. The minimum atomic E-state index is 0.504. The lowest BCUT2D eigenvalue weighted by molar-refractivity contribution is 0.437. The summed E-state index contributed by atoms with van der Waals surface area (Å²) in [5.74, 6) is 1.42. The van der Waals surface area contributed by atoms with Crippen molar-refractivity contribution >= 4 is 17.2 Å². The van der Waals surface area contributed by atoms with Crippen LogP contribution in [0.15, 0.2) is 49.2 Å². The summed E-state index contributed by atoms with van der Waals surface area (Å²) < 4.78 is 3.68. The lowest BCUT2D eigenvalue weighted by Crippen LogP contribution is -2.10. The van der Waals surface area contributed by atoms with E-state index < -0.39 is 0 Å². The van der Waals surface area contributed by atoms with E-state index in [0.29, 0.717) is 5.92 Å². The molecular formula is C21H23N7. The van der Waals surface area contributed by atoms with Gasteiger partial charge in [-0.2, -0.15) is 14.7 Å². The molecule has 7 heteroatoms. The van der Waals surface area contributed by atoms with Gasteiger partial charge in [-0.3, -0.25) is 9.67 Å². The van der Waals surface area contributed by atoms with Gasteiger partial charge in [-0.25, -0.2) is 4.98 Å². The van der Waals surface area contributed by atoms with E-state index in [1.807, 2.05) is 48.5 Å². The van der Waals surface area contributed by atoms with Crippen molar-refractivity contribution in [3.05, 3.63) is 54.9 Å². The van der Waals surface area contributed by atoms with Crippen molar-refractivity contribution in [2.45, 2.75) is 38.0 Å². The van der Waals surface area contributed by atoms with Gasteiger partial charge in [0.2, 0.25) is 0 Å². The van der Waals surface area contributed by atoms with Crippen LogP contribution in [0.4, 0.5) is 11.5 Å². The number of anilines is 2. The fourth-order valence-corrected chi connectivity index (χ4v) is 4.03. The highest BCUT2D eigenvalue weighted by atomic mass is 15.3. The maximum atomic E-state index is 5.05. The lowest BCUT2D eigenvalue weighted by Gasteiger charge is -2.22. The van der Waals surface area contributed by atoms with Crippen LogP contribution in [-0.4, -0.2) is 29.4 Å². The third kappa shape index (κ3) is 3.13. The number of hydrogen-bond acceptors (Lipinski definition) is 5. The van der Waals surface area contributed by atoms with Gasteiger partial charge in [0.1, 0.15) is 5.82 Å². The molecule has 0 aromatic carbocycles. The first kappa shape index (κ1) is 16.9. The molecule has 1 N–H and O–H groups in total. The highest BCUT2D eigenvalue weighted by molar-refractivity contribution is 5.78. The van der Waals surface area contributed by atoms with E-state index in [1.165, 1.54) is 32.1 Å². The number of nitrogens with zero attached hydrogens (tertiary/aromatic N) is 6. The van der Waals surface area contributed by atoms with Crippen molar-refractivity contribution in [3.8, 4) is 11.1 Å².